The number of hydrogen-bond donors (Lipinski definition) is 1. The van der Waals surface area contributed by atoms with Gasteiger partial charge in [-0.25, -0.2) is 0 Å². The molecule has 2 aliphatic rings. The second-order valence-corrected chi connectivity index (χ2v) is 4.41. The van der Waals surface area contributed by atoms with Gasteiger partial charge in [-0.1, -0.05) is 19.1 Å². The van der Waals surface area contributed by atoms with Crippen molar-refractivity contribution in [2.75, 3.05) is 13.1 Å². The Hall–Kier alpha value is -0.340. The van der Waals surface area contributed by atoms with E-state index in [4.69, 9.17) is 0 Å². The lowest BCUT2D eigenvalue weighted by Gasteiger charge is -2.49. The van der Waals surface area contributed by atoms with E-state index < -0.39 is 0 Å². The summed E-state index contributed by atoms with van der Waals surface area (Å²) in [4.78, 5) is 2.39. The van der Waals surface area contributed by atoms with Crippen molar-refractivity contribution in [3.63, 3.8) is 0 Å². The van der Waals surface area contributed by atoms with Gasteiger partial charge in [0.15, 0.2) is 0 Å². The topological polar surface area (TPSA) is 23.5 Å². The van der Waals surface area contributed by atoms with E-state index in [9.17, 15) is 5.11 Å². The van der Waals surface area contributed by atoms with Crippen molar-refractivity contribution in [3.05, 3.63) is 12.2 Å². The van der Waals surface area contributed by atoms with Gasteiger partial charge in [0.05, 0.1) is 5.60 Å². The first-order chi connectivity index (χ1) is 6.23. The zero-order valence-electron chi connectivity index (χ0n) is 8.37. The molecule has 2 heteroatoms. The summed E-state index contributed by atoms with van der Waals surface area (Å²) in [5, 5.41) is 9.85. The van der Waals surface area contributed by atoms with Gasteiger partial charge in [-0.3, -0.25) is 4.90 Å². The van der Waals surface area contributed by atoms with Crippen LogP contribution in [0.4, 0.5) is 0 Å². The summed E-state index contributed by atoms with van der Waals surface area (Å²) in [6.07, 6.45) is 9.29. The van der Waals surface area contributed by atoms with Crippen LogP contribution < -0.4 is 0 Å². The lowest BCUT2D eigenvalue weighted by Crippen LogP contribution is -2.64. The molecular formula is C11H19NO. The Morgan fingerprint density at radius 2 is 2.31 bits per heavy atom. The molecule has 1 heterocycles. The van der Waals surface area contributed by atoms with Gasteiger partial charge in [-0.2, -0.15) is 0 Å². The molecule has 0 aromatic heterocycles. The third-order valence-electron chi connectivity index (χ3n) is 3.35. The standard InChI is InChI=1S/C11H19NO/c1-2-11(13)8-12(9-11)10-6-4-3-5-7-10/h4,6,10,13H,2-3,5,7-9H2,1H3. The summed E-state index contributed by atoms with van der Waals surface area (Å²) in [5.74, 6) is 0. The van der Waals surface area contributed by atoms with Gasteiger partial charge in [0, 0.05) is 19.1 Å². The van der Waals surface area contributed by atoms with Crippen molar-refractivity contribution in [3.8, 4) is 0 Å². The van der Waals surface area contributed by atoms with Crippen LogP contribution in [0.1, 0.15) is 32.6 Å². The largest absolute Gasteiger partial charge is 0.387 e. The monoisotopic (exact) mass is 181 g/mol. The number of aliphatic hydroxyl groups is 1. The number of β-amino-alcohol motifs (C(OH)–C–C–N with tert-alkyl or cyclic N) is 1. The highest BCUT2D eigenvalue weighted by Gasteiger charge is 2.41. The van der Waals surface area contributed by atoms with Gasteiger partial charge in [0.25, 0.3) is 0 Å². The fourth-order valence-corrected chi connectivity index (χ4v) is 2.27. The van der Waals surface area contributed by atoms with Gasteiger partial charge >= 0.3 is 0 Å². The number of likely N-dealkylation sites (tertiary alicyclic amines) is 1. The Morgan fingerprint density at radius 1 is 1.54 bits per heavy atom. The lowest BCUT2D eigenvalue weighted by molar-refractivity contribution is -0.111. The molecular weight excluding hydrogens is 162 g/mol. The van der Waals surface area contributed by atoms with Crippen LogP contribution in [0.15, 0.2) is 12.2 Å². The van der Waals surface area contributed by atoms with Gasteiger partial charge in [0.2, 0.25) is 0 Å². The first kappa shape index (κ1) is 9.22. The normalized spacial score (nSPS) is 32.9. The molecule has 2 rings (SSSR count). The smallest absolute Gasteiger partial charge is 0.0898 e. The van der Waals surface area contributed by atoms with Gasteiger partial charge in [0.1, 0.15) is 0 Å². The Labute approximate surface area is 80.2 Å². The molecule has 0 radical (unpaired) electrons. The summed E-state index contributed by atoms with van der Waals surface area (Å²) < 4.78 is 0. The molecule has 1 aliphatic carbocycles. The highest BCUT2D eigenvalue weighted by Crippen LogP contribution is 2.29. The minimum Gasteiger partial charge on any atom is -0.387 e. The number of hydrogen-bond acceptors (Lipinski definition) is 2. The average Bonchev–Trinajstić information content (AvgIpc) is 2.14. The first-order valence-electron chi connectivity index (χ1n) is 5.37. The lowest BCUT2D eigenvalue weighted by atomic mass is 9.87. The fourth-order valence-electron chi connectivity index (χ4n) is 2.27. The molecule has 1 atom stereocenters. The minimum atomic E-state index is -0.370. The fraction of sp³-hybridized carbons (Fsp3) is 0.818. The molecule has 0 saturated carbocycles. The molecule has 1 saturated heterocycles. The molecule has 1 aliphatic heterocycles. The van der Waals surface area contributed by atoms with Crippen LogP contribution in [0.2, 0.25) is 0 Å². The quantitative estimate of drug-likeness (QED) is 0.653. The summed E-state index contributed by atoms with van der Waals surface area (Å²) in [6, 6.07) is 0.612. The predicted octanol–water partition coefficient (Wildman–Crippen LogP) is 1.55. The molecule has 0 spiro atoms. The van der Waals surface area contributed by atoms with Gasteiger partial charge < -0.3 is 5.11 Å². The molecule has 13 heavy (non-hydrogen) atoms. The molecule has 74 valence electrons. The Kier molecular flexibility index (Phi) is 2.43. The molecule has 0 bridgehead atoms. The molecule has 2 nitrogen and oxygen atoms in total. The van der Waals surface area contributed by atoms with E-state index in [2.05, 4.69) is 24.0 Å². The Balaban J connectivity index is 1.85. The van der Waals surface area contributed by atoms with Crippen molar-refractivity contribution in [1.29, 1.82) is 0 Å². The van der Waals surface area contributed by atoms with Gasteiger partial charge in [-0.05, 0) is 25.7 Å². The van der Waals surface area contributed by atoms with E-state index in [0.29, 0.717) is 6.04 Å². The second-order valence-electron chi connectivity index (χ2n) is 4.41. The zero-order valence-corrected chi connectivity index (χ0v) is 8.37. The van der Waals surface area contributed by atoms with E-state index in [1.807, 2.05) is 0 Å². The van der Waals surface area contributed by atoms with Crippen LogP contribution in [0.25, 0.3) is 0 Å². The second kappa shape index (κ2) is 3.43. The number of allylic oxidation sites excluding steroid dienone is 1. The molecule has 1 fully saturated rings. The van der Waals surface area contributed by atoms with E-state index >= 15 is 0 Å². The molecule has 0 aromatic carbocycles. The van der Waals surface area contributed by atoms with Crippen LogP contribution in [-0.4, -0.2) is 34.7 Å². The van der Waals surface area contributed by atoms with Crippen LogP contribution in [0, 0.1) is 0 Å². The third kappa shape index (κ3) is 1.79. The first-order valence-corrected chi connectivity index (χ1v) is 5.37. The summed E-state index contributed by atoms with van der Waals surface area (Å²) in [7, 11) is 0. The average molecular weight is 181 g/mol. The van der Waals surface area contributed by atoms with Gasteiger partial charge in [-0.15, -0.1) is 0 Å². The molecule has 1 unspecified atom stereocenters. The SMILES string of the molecule is CCC1(O)CN(C2C=CCCC2)C1. The highest BCUT2D eigenvalue weighted by atomic mass is 16.3. The maximum absolute atomic E-state index is 9.85. The van der Waals surface area contributed by atoms with Crippen molar-refractivity contribution in [2.45, 2.75) is 44.2 Å². The molecule has 0 aromatic rings. The molecule has 0 amide bonds. The highest BCUT2D eigenvalue weighted by molar-refractivity contribution is 5.05. The zero-order chi connectivity index (χ0) is 9.31. The van der Waals surface area contributed by atoms with Crippen LogP contribution in [-0.2, 0) is 0 Å². The van der Waals surface area contributed by atoms with E-state index in [1.54, 1.807) is 0 Å². The Morgan fingerprint density at radius 3 is 2.85 bits per heavy atom. The van der Waals surface area contributed by atoms with Crippen LogP contribution >= 0.6 is 0 Å². The minimum absolute atomic E-state index is 0.370. The van der Waals surface area contributed by atoms with E-state index in [0.717, 1.165) is 19.5 Å². The Bertz CT molecular complexity index is 206. The predicted molar refractivity (Wildman–Crippen MR) is 53.6 cm³/mol. The van der Waals surface area contributed by atoms with E-state index in [1.165, 1.54) is 19.3 Å². The number of rotatable bonds is 2. The van der Waals surface area contributed by atoms with Crippen molar-refractivity contribution in [1.82, 2.24) is 4.90 Å². The summed E-state index contributed by atoms with van der Waals surface area (Å²) in [6.45, 7) is 3.81. The summed E-state index contributed by atoms with van der Waals surface area (Å²) >= 11 is 0. The van der Waals surface area contributed by atoms with Crippen molar-refractivity contribution in [2.24, 2.45) is 0 Å². The number of nitrogens with zero attached hydrogens (tertiary/aromatic N) is 1. The third-order valence-corrected chi connectivity index (χ3v) is 3.35. The van der Waals surface area contributed by atoms with Crippen LogP contribution in [0.5, 0.6) is 0 Å². The summed E-state index contributed by atoms with van der Waals surface area (Å²) in [5.41, 5.74) is -0.370. The van der Waals surface area contributed by atoms with Crippen LogP contribution in [0.3, 0.4) is 0 Å². The van der Waals surface area contributed by atoms with Crippen molar-refractivity contribution < 1.29 is 5.11 Å². The molecule has 1 N–H and O–H groups in total. The maximum Gasteiger partial charge on any atom is 0.0898 e. The maximum atomic E-state index is 9.85. The van der Waals surface area contributed by atoms with E-state index in [-0.39, 0.29) is 5.60 Å². The van der Waals surface area contributed by atoms with Crippen molar-refractivity contribution >= 4 is 0 Å².